The third-order valence-electron chi connectivity index (χ3n) is 4.12. The van der Waals surface area contributed by atoms with Crippen molar-refractivity contribution < 1.29 is 4.79 Å². The molecule has 0 saturated heterocycles. The van der Waals surface area contributed by atoms with Crippen LogP contribution < -0.4 is 5.73 Å². The molecule has 2 aliphatic rings. The van der Waals surface area contributed by atoms with Crippen molar-refractivity contribution in [3.63, 3.8) is 0 Å². The lowest BCUT2D eigenvalue weighted by Gasteiger charge is -2.35. The minimum atomic E-state index is -0.471. The van der Waals surface area contributed by atoms with Gasteiger partial charge in [0.25, 0.3) is 0 Å². The van der Waals surface area contributed by atoms with E-state index in [1.165, 1.54) is 18.4 Å². The van der Waals surface area contributed by atoms with E-state index < -0.39 is 5.54 Å². The van der Waals surface area contributed by atoms with Gasteiger partial charge in [-0.2, -0.15) is 4.99 Å². The second kappa shape index (κ2) is 4.37. The molecule has 1 fully saturated rings. The lowest BCUT2D eigenvalue weighted by Crippen LogP contribution is -2.54. The van der Waals surface area contributed by atoms with E-state index in [0.29, 0.717) is 11.8 Å². The Morgan fingerprint density at radius 1 is 1.37 bits per heavy atom. The Morgan fingerprint density at radius 2 is 2.05 bits per heavy atom. The fraction of sp³-hybridized carbons (Fsp3) is 0.467. The SMILES string of the molecule is CC1(Cc2ccccc2)C(N)=NC(=O)N1CC1CC1. The third kappa shape index (κ3) is 2.23. The highest BCUT2D eigenvalue weighted by Gasteiger charge is 2.46. The van der Waals surface area contributed by atoms with E-state index in [9.17, 15) is 4.79 Å². The molecule has 100 valence electrons. The summed E-state index contributed by atoms with van der Waals surface area (Å²) in [4.78, 5) is 17.8. The minimum Gasteiger partial charge on any atom is -0.385 e. The number of carbonyl (C=O) groups excluding carboxylic acids is 1. The molecule has 0 spiro atoms. The first-order chi connectivity index (χ1) is 9.09. The van der Waals surface area contributed by atoms with Crippen molar-refractivity contribution in [3.8, 4) is 0 Å². The maximum Gasteiger partial charge on any atom is 0.346 e. The molecule has 1 atom stereocenters. The van der Waals surface area contributed by atoms with Gasteiger partial charge < -0.3 is 10.6 Å². The number of urea groups is 1. The summed E-state index contributed by atoms with van der Waals surface area (Å²) in [5.41, 5.74) is 6.73. The Balaban J connectivity index is 1.85. The number of rotatable bonds is 4. The number of amides is 2. The summed E-state index contributed by atoms with van der Waals surface area (Å²) in [6, 6.07) is 9.96. The largest absolute Gasteiger partial charge is 0.385 e. The van der Waals surface area contributed by atoms with E-state index in [-0.39, 0.29) is 6.03 Å². The Bertz CT molecular complexity index is 521. The molecule has 0 aromatic heterocycles. The summed E-state index contributed by atoms with van der Waals surface area (Å²) in [6.45, 7) is 2.80. The number of amidine groups is 1. The second-order valence-electron chi connectivity index (χ2n) is 5.77. The quantitative estimate of drug-likeness (QED) is 0.898. The summed E-state index contributed by atoms with van der Waals surface area (Å²) in [7, 11) is 0. The Morgan fingerprint density at radius 3 is 2.68 bits per heavy atom. The molecule has 0 radical (unpaired) electrons. The number of hydrogen-bond acceptors (Lipinski definition) is 2. The van der Waals surface area contributed by atoms with Gasteiger partial charge in [-0.05, 0) is 31.2 Å². The standard InChI is InChI=1S/C15H19N3O/c1-15(9-11-5-3-2-4-6-11)13(16)17-14(19)18(15)10-12-7-8-12/h2-6,12H,7-10H2,1H3,(H2,16,17,19). The summed E-state index contributed by atoms with van der Waals surface area (Å²) < 4.78 is 0. The molecule has 1 aromatic carbocycles. The van der Waals surface area contributed by atoms with Gasteiger partial charge in [0.05, 0.1) is 0 Å². The molecule has 1 unspecified atom stereocenters. The van der Waals surface area contributed by atoms with Crippen molar-refractivity contribution in [2.75, 3.05) is 6.54 Å². The van der Waals surface area contributed by atoms with E-state index in [2.05, 4.69) is 17.1 Å². The van der Waals surface area contributed by atoms with Gasteiger partial charge >= 0.3 is 6.03 Å². The molecule has 1 aliphatic heterocycles. The summed E-state index contributed by atoms with van der Waals surface area (Å²) in [6.07, 6.45) is 3.15. The van der Waals surface area contributed by atoms with Gasteiger partial charge in [-0.3, -0.25) is 0 Å². The molecule has 1 heterocycles. The van der Waals surface area contributed by atoms with Crippen molar-refractivity contribution in [1.29, 1.82) is 0 Å². The molecule has 1 saturated carbocycles. The number of nitrogens with two attached hydrogens (primary N) is 1. The van der Waals surface area contributed by atoms with Crippen LogP contribution in [0.25, 0.3) is 0 Å². The van der Waals surface area contributed by atoms with Crippen LogP contribution in [0.4, 0.5) is 4.79 Å². The second-order valence-corrected chi connectivity index (χ2v) is 5.77. The lowest BCUT2D eigenvalue weighted by molar-refractivity contribution is 0.174. The first-order valence-electron chi connectivity index (χ1n) is 6.80. The summed E-state index contributed by atoms with van der Waals surface area (Å²) in [5, 5.41) is 0. The maximum atomic E-state index is 12.0. The van der Waals surface area contributed by atoms with Gasteiger partial charge in [0.1, 0.15) is 11.4 Å². The molecule has 19 heavy (non-hydrogen) atoms. The molecule has 4 nitrogen and oxygen atoms in total. The molecular formula is C15H19N3O. The Hall–Kier alpha value is -1.84. The van der Waals surface area contributed by atoms with Gasteiger partial charge in [0.15, 0.2) is 0 Å². The number of carbonyl (C=O) groups is 1. The number of aliphatic imine (C=N–C) groups is 1. The molecule has 1 aliphatic carbocycles. The predicted octanol–water partition coefficient (Wildman–Crippen LogP) is 2.19. The summed E-state index contributed by atoms with van der Waals surface area (Å²) in [5.74, 6) is 1.09. The predicted molar refractivity (Wildman–Crippen MR) is 75.0 cm³/mol. The van der Waals surface area contributed by atoms with Gasteiger partial charge in [-0.25, -0.2) is 4.79 Å². The fourth-order valence-electron chi connectivity index (χ4n) is 2.65. The van der Waals surface area contributed by atoms with Crippen LogP contribution in [0.2, 0.25) is 0 Å². The van der Waals surface area contributed by atoms with Gasteiger partial charge in [0.2, 0.25) is 0 Å². The van der Waals surface area contributed by atoms with Crippen LogP contribution in [-0.2, 0) is 6.42 Å². The molecule has 1 aromatic rings. The van der Waals surface area contributed by atoms with Crippen molar-refractivity contribution in [1.82, 2.24) is 4.90 Å². The van der Waals surface area contributed by atoms with E-state index in [1.807, 2.05) is 30.0 Å². The highest BCUT2D eigenvalue weighted by Crippen LogP contribution is 2.35. The van der Waals surface area contributed by atoms with Crippen LogP contribution in [-0.4, -0.2) is 28.9 Å². The molecule has 2 N–H and O–H groups in total. The van der Waals surface area contributed by atoms with Crippen molar-refractivity contribution in [3.05, 3.63) is 35.9 Å². The smallest absolute Gasteiger partial charge is 0.346 e. The van der Waals surface area contributed by atoms with Crippen molar-refractivity contribution in [2.45, 2.75) is 31.7 Å². The van der Waals surface area contributed by atoms with E-state index in [0.717, 1.165) is 13.0 Å². The van der Waals surface area contributed by atoms with Crippen LogP contribution in [0.5, 0.6) is 0 Å². The van der Waals surface area contributed by atoms with Crippen molar-refractivity contribution in [2.24, 2.45) is 16.6 Å². The number of benzene rings is 1. The maximum absolute atomic E-state index is 12.0. The van der Waals surface area contributed by atoms with Crippen LogP contribution in [0.3, 0.4) is 0 Å². The minimum absolute atomic E-state index is 0.178. The lowest BCUT2D eigenvalue weighted by atomic mass is 9.90. The van der Waals surface area contributed by atoms with Gasteiger partial charge in [-0.15, -0.1) is 0 Å². The molecule has 3 rings (SSSR count). The Labute approximate surface area is 113 Å². The van der Waals surface area contributed by atoms with E-state index in [4.69, 9.17) is 5.73 Å². The zero-order valence-corrected chi connectivity index (χ0v) is 11.2. The number of nitrogens with zero attached hydrogens (tertiary/aromatic N) is 2. The fourth-order valence-corrected chi connectivity index (χ4v) is 2.65. The molecular weight excluding hydrogens is 238 g/mol. The average Bonchev–Trinajstić information content (AvgIpc) is 3.17. The zero-order valence-electron chi connectivity index (χ0n) is 11.2. The topological polar surface area (TPSA) is 58.7 Å². The van der Waals surface area contributed by atoms with E-state index in [1.54, 1.807) is 0 Å². The van der Waals surface area contributed by atoms with E-state index >= 15 is 0 Å². The molecule has 0 bridgehead atoms. The zero-order chi connectivity index (χ0) is 13.5. The van der Waals surface area contributed by atoms with Crippen LogP contribution >= 0.6 is 0 Å². The first kappa shape index (κ1) is 12.2. The van der Waals surface area contributed by atoms with Crippen LogP contribution in [0.15, 0.2) is 35.3 Å². The Kier molecular flexibility index (Phi) is 2.81. The van der Waals surface area contributed by atoms with Gasteiger partial charge in [-0.1, -0.05) is 30.3 Å². The van der Waals surface area contributed by atoms with Gasteiger partial charge in [0, 0.05) is 13.0 Å². The normalized spacial score (nSPS) is 26.7. The highest BCUT2D eigenvalue weighted by molar-refractivity contribution is 6.05. The first-order valence-corrected chi connectivity index (χ1v) is 6.80. The summed E-state index contributed by atoms with van der Waals surface area (Å²) >= 11 is 0. The molecule has 2 amide bonds. The highest BCUT2D eigenvalue weighted by atomic mass is 16.2. The van der Waals surface area contributed by atoms with Crippen molar-refractivity contribution >= 4 is 11.9 Å². The van der Waals surface area contributed by atoms with Crippen LogP contribution in [0.1, 0.15) is 25.3 Å². The third-order valence-corrected chi connectivity index (χ3v) is 4.12. The number of hydrogen-bond donors (Lipinski definition) is 1. The average molecular weight is 257 g/mol. The van der Waals surface area contributed by atoms with Crippen LogP contribution in [0, 0.1) is 5.92 Å². The monoisotopic (exact) mass is 257 g/mol. The molecule has 4 heteroatoms.